The second-order valence-corrected chi connectivity index (χ2v) is 10.5. The SMILES string of the molecule is O=C(Cc1cc(NC2CCNCC2)cc(C(F)(F)F)c1)Cc1ccc(Oc2ccnc(NC(=O)C3CC3)c2)c(F)c1. The van der Waals surface area contributed by atoms with E-state index in [2.05, 4.69) is 20.9 Å². The molecule has 3 aromatic rings. The molecule has 0 spiro atoms. The van der Waals surface area contributed by atoms with Crippen LogP contribution in [0.1, 0.15) is 42.4 Å². The Balaban J connectivity index is 1.22. The summed E-state index contributed by atoms with van der Waals surface area (Å²) >= 11 is 0. The largest absolute Gasteiger partial charge is 0.454 e. The number of pyridine rings is 1. The van der Waals surface area contributed by atoms with Crippen LogP contribution in [-0.2, 0) is 28.6 Å². The molecule has 2 aromatic carbocycles. The third-order valence-corrected chi connectivity index (χ3v) is 6.99. The van der Waals surface area contributed by atoms with Gasteiger partial charge in [0.2, 0.25) is 5.91 Å². The third-order valence-electron chi connectivity index (χ3n) is 6.99. The predicted octanol–water partition coefficient (Wildman–Crippen LogP) is 5.90. The van der Waals surface area contributed by atoms with Gasteiger partial charge < -0.3 is 20.7 Å². The van der Waals surface area contributed by atoms with Crippen molar-refractivity contribution in [1.29, 1.82) is 0 Å². The molecule has 1 aliphatic carbocycles. The molecule has 7 nitrogen and oxygen atoms in total. The summed E-state index contributed by atoms with van der Waals surface area (Å²) in [6, 6.07) is 10.8. The number of ketones is 1. The molecule has 3 N–H and O–H groups in total. The van der Waals surface area contributed by atoms with Crippen molar-refractivity contribution < 1.29 is 31.9 Å². The van der Waals surface area contributed by atoms with Crippen molar-refractivity contribution >= 4 is 23.2 Å². The number of piperidine rings is 1. The van der Waals surface area contributed by atoms with Crippen molar-refractivity contribution in [3.05, 3.63) is 77.2 Å². The van der Waals surface area contributed by atoms with Gasteiger partial charge in [-0.3, -0.25) is 9.59 Å². The van der Waals surface area contributed by atoms with Gasteiger partial charge in [0.1, 0.15) is 17.4 Å². The van der Waals surface area contributed by atoms with Gasteiger partial charge in [0.05, 0.1) is 5.56 Å². The molecule has 0 unspecified atom stereocenters. The van der Waals surface area contributed by atoms with Gasteiger partial charge in [0.25, 0.3) is 0 Å². The summed E-state index contributed by atoms with van der Waals surface area (Å²) in [4.78, 5) is 28.8. The van der Waals surface area contributed by atoms with Crippen LogP contribution in [0.5, 0.6) is 11.5 Å². The number of halogens is 4. The van der Waals surface area contributed by atoms with Crippen LogP contribution >= 0.6 is 0 Å². The van der Waals surface area contributed by atoms with Gasteiger partial charge >= 0.3 is 6.18 Å². The number of hydrogen-bond acceptors (Lipinski definition) is 6. The van der Waals surface area contributed by atoms with Crippen LogP contribution in [0, 0.1) is 11.7 Å². The second kappa shape index (κ2) is 12.3. The van der Waals surface area contributed by atoms with Crippen molar-refractivity contribution in [2.75, 3.05) is 23.7 Å². The second-order valence-electron chi connectivity index (χ2n) is 10.5. The summed E-state index contributed by atoms with van der Waals surface area (Å²) in [6.07, 6.45) is -0.235. The lowest BCUT2D eigenvalue weighted by Gasteiger charge is -2.25. The first-order valence-corrected chi connectivity index (χ1v) is 13.6. The topological polar surface area (TPSA) is 92.3 Å². The number of Topliss-reactive ketones (excluding diaryl/α,β-unsaturated/α-hetero) is 1. The number of carbonyl (C=O) groups excluding carboxylic acids is 2. The highest BCUT2D eigenvalue weighted by molar-refractivity contribution is 5.93. The first-order chi connectivity index (χ1) is 19.6. The minimum absolute atomic E-state index is 0.000640. The summed E-state index contributed by atoms with van der Waals surface area (Å²) in [5.41, 5.74) is 0.113. The molecule has 0 bridgehead atoms. The Morgan fingerprint density at radius 1 is 0.951 bits per heavy atom. The number of nitrogens with one attached hydrogen (secondary N) is 3. The molecule has 1 saturated heterocycles. The maximum atomic E-state index is 14.8. The van der Waals surface area contributed by atoms with Crippen LogP contribution in [-0.4, -0.2) is 35.8 Å². The van der Waals surface area contributed by atoms with Gasteiger partial charge in [-0.1, -0.05) is 6.07 Å². The van der Waals surface area contributed by atoms with Crippen LogP contribution in [0.2, 0.25) is 0 Å². The summed E-state index contributed by atoms with van der Waals surface area (Å²) in [6.45, 7) is 1.56. The Morgan fingerprint density at radius 2 is 1.71 bits per heavy atom. The highest BCUT2D eigenvalue weighted by Gasteiger charge is 2.32. The molecule has 5 rings (SSSR count). The molecule has 2 fully saturated rings. The average molecular weight is 571 g/mol. The number of benzene rings is 2. The standard InChI is InChI=1S/C30H30F4N4O3/c31-26-15-18(1-4-27(26)41-25-7-10-36-28(17-25)38-29(40)20-2-3-20)13-24(39)14-19-11-21(30(32,33)34)16-23(12-19)37-22-5-8-35-9-6-22/h1,4,7,10-12,15-17,20,22,35,37H,2-3,5-6,8-9,13-14H2,(H,36,38,40). The molecular weight excluding hydrogens is 540 g/mol. The molecule has 1 amide bonds. The van der Waals surface area contributed by atoms with E-state index < -0.39 is 17.6 Å². The summed E-state index contributed by atoms with van der Waals surface area (Å²) in [7, 11) is 0. The average Bonchev–Trinajstić information content (AvgIpc) is 3.76. The highest BCUT2D eigenvalue weighted by Crippen LogP contribution is 2.33. The Labute approximate surface area is 234 Å². The minimum atomic E-state index is -4.55. The van der Waals surface area contributed by atoms with E-state index in [0.29, 0.717) is 17.1 Å². The molecule has 1 saturated carbocycles. The molecule has 2 heterocycles. The lowest BCUT2D eigenvalue weighted by molar-refractivity contribution is -0.137. The number of rotatable bonds is 10. The zero-order valence-electron chi connectivity index (χ0n) is 22.2. The molecule has 2 aliphatic rings. The monoisotopic (exact) mass is 570 g/mol. The minimum Gasteiger partial charge on any atom is -0.454 e. The Kier molecular flexibility index (Phi) is 8.53. The number of aromatic nitrogens is 1. The smallest absolute Gasteiger partial charge is 0.416 e. The fourth-order valence-corrected chi connectivity index (χ4v) is 4.74. The van der Waals surface area contributed by atoms with Gasteiger partial charge in [-0.2, -0.15) is 13.2 Å². The molecule has 1 aromatic heterocycles. The Morgan fingerprint density at radius 3 is 2.41 bits per heavy atom. The lowest BCUT2D eigenvalue weighted by Crippen LogP contribution is -2.35. The molecule has 0 radical (unpaired) electrons. The van der Waals surface area contributed by atoms with Crippen LogP contribution in [0.3, 0.4) is 0 Å². The van der Waals surface area contributed by atoms with Crippen LogP contribution in [0.4, 0.5) is 29.1 Å². The number of hydrogen-bond donors (Lipinski definition) is 3. The normalized spacial score (nSPS) is 15.8. The predicted molar refractivity (Wildman–Crippen MR) is 145 cm³/mol. The van der Waals surface area contributed by atoms with Crippen molar-refractivity contribution in [2.45, 2.75) is 50.7 Å². The van der Waals surface area contributed by atoms with E-state index in [1.807, 2.05) is 0 Å². The highest BCUT2D eigenvalue weighted by atomic mass is 19.4. The van der Waals surface area contributed by atoms with Crippen molar-refractivity contribution in [3.8, 4) is 11.5 Å². The molecule has 0 atom stereocenters. The number of alkyl halides is 3. The fraction of sp³-hybridized carbons (Fsp3) is 0.367. The molecule has 216 valence electrons. The summed E-state index contributed by atoms with van der Waals surface area (Å²) < 4.78 is 61.1. The number of carbonyl (C=O) groups is 2. The van der Waals surface area contributed by atoms with E-state index >= 15 is 0 Å². The number of amides is 1. The van der Waals surface area contributed by atoms with Crippen LogP contribution in [0.25, 0.3) is 0 Å². The van der Waals surface area contributed by atoms with Gasteiger partial charge in [-0.15, -0.1) is 0 Å². The summed E-state index contributed by atoms with van der Waals surface area (Å²) in [5, 5.41) is 9.09. The van der Waals surface area contributed by atoms with E-state index in [1.54, 1.807) is 6.07 Å². The van der Waals surface area contributed by atoms with E-state index in [4.69, 9.17) is 4.74 Å². The van der Waals surface area contributed by atoms with E-state index in [9.17, 15) is 27.2 Å². The quantitative estimate of drug-likeness (QED) is 0.263. The fourth-order valence-electron chi connectivity index (χ4n) is 4.74. The first-order valence-electron chi connectivity index (χ1n) is 13.6. The number of ether oxygens (including phenoxy) is 1. The van der Waals surface area contributed by atoms with Crippen molar-refractivity contribution in [2.24, 2.45) is 5.92 Å². The zero-order valence-corrected chi connectivity index (χ0v) is 22.2. The van der Waals surface area contributed by atoms with Gasteiger partial charge in [0.15, 0.2) is 11.6 Å². The van der Waals surface area contributed by atoms with E-state index in [-0.39, 0.29) is 53.6 Å². The maximum absolute atomic E-state index is 14.8. The molecule has 41 heavy (non-hydrogen) atoms. The van der Waals surface area contributed by atoms with E-state index in [1.165, 1.54) is 36.5 Å². The molecule has 11 heteroatoms. The first kappa shape index (κ1) is 28.5. The number of nitrogens with zero attached hydrogens (tertiary/aromatic N) is 1. The number of anilines is 2. The molecular formula is C30H30F4N4O3. The molecule has 1 aliphatic heterocycles. The third kappa shape index (κ3) is 8.03. The van der Waals surface area contributed by atoms with Gasteiger partial charge in [-0.05, 0) is 86.3 Å². The lowest BCUT2D eigenvalue weighted by atomic mass is 9.99. The van der Waals surface area contributed by atoms with Crippen molar-refractivity contribution in [3.63, 3.8) is 0 Å². The van der Waals surface area contributed by atoms with Gasteiger partial charge in [0, 0.05) is 42.8 Å². The van der Waals surface area contributed by atoms with Crippen LogP contribution in [0.15, 0.2) is 54.7 Å². The van der Waals surface area contributed by atoms with Crippen LogP contribution < -0.4 is 20.7 Å². The van der Waals surface area contributed by atoms with E-state index in [0.717, 1.165) is 50.9 Å². The Hall–Kier alpha value is -3.99. The van der Waals surface area contributed by atoms with Gasteiger partial charge in [-0.25, -0.2) is 9.37 Å². The zero-order chi connectivity index (χ0) is 29.0. The Bertz CT molecular complexity index is 1420. The maximum Gasteiger partial charge on any atom is 0.416 e. The van der Waals surface area contributed by atoms with Crippen molar-refractivity contribution in [1.82, 2.24) is 10.3 Å². The summed E-state index contributed by atoms with van der Waals surface area (Å²) in [5.74, 6) is -0.690.